The fraction of sp³-hybridized carbons (Fsp3) is 0.600. The highest BCUT2D eigenvalue weighted by atomic mass is 35.5. The highest BCUT2D eigenvalue weighted by Crippen LogP contribution is 2.24. The summed E-state index contributed by atoms with van der Waals surface area (Å²) >= 11 is 1.83. The highest BCUT2D eigenvalue weighted by molar-refractivity contribution is 7.12. The van der Waals surface area contributed by atoms with Crippen LogP contribution in [0.15, 0.2) is 12.1 Å². The van der Waals surface area contributed by atoms with Crippen LogP contribution in [0.3, 0.4) is 0 Å². The van der Waals surface area contributed by atoms with Gasteiger partial charge >= 0.3 is 0 Å². The van der Waals surface area contributed by atoms with Gasteiger partial charge in [-0.2, -0.15) is 0 Å². The number of aryl methyl sites for hydroxylation is 1. The van der Waals surface area contributed by atoms with Crippen molar-refractivity contribution in [2.75, 3.05) is 6.54 Å². The number of hydrogen-bond donors (Lipinski definition) is 2. The maximum atomic E-state index is 6.00. The Kier molecular flexibility index (Phi) is 7.19. The molecule has 0 aliphatic carbocycles. The van der Waals surface area contributed by atoms with Crippen LogP contribution in [0.2, 0.25) is 0 Å². The van der Waals surface area contributed by atoms with Crippen LogP contribution < -0.4 is 11.5 Å². The molecule has 0 bridgehead atoms. The van der Waals surface area contributed by atoms with Crippen molar-refractivity contribution < 1.29 is 0 Å². The standard InChI is InChI=1S/C10H18N2S.ClH/c1-2-8-5-6-10(13-8)9(12)4-3-7-11;/h5-6,9H,2-4,7,11-12H2,1H3;1H/t9-;/m0./s1. The van der Waals surface area contributed by atoms with Crippen LogP contribution in [-0.4, -0.2) is 6.54 Å². The molecule has 1 heterocycles. The van der Waals surface area contributed by atoms with E-state index in [9.17, 15) is 0 Å². The van der Waals surface area contributed by atoms with Crippen LogP contribution in [0, 0.1) is 0 Å². The Morgan fingerprint density at radius 3 is 2.64 bits per heavy atom. The van der Waals surface area contributed by atoms with Crippen molar-refractivity contribution in [1.82, 2.24) is 0 Å². The van der Waals surface area contributed by atoms with Crippen molar-refractivity contribution in [3.8, 4) is 0 Å². The minimum Gasteiger partial charge on any atom is -0.330 e. The number of nitrogens with two attached hydrogens (primary N) is 2. The molecule has 0 radical (unpaired) electrons. The van der Waals surface area contributed by atoms with Crippen LogP contribution in [-0.2, 0) is 6.42 Å². The molecule has 0 amide bonds. The summed E-state index contributed by atoms with van der Waals surface area (Å²) in [6, 6.07) is 4.50. The summed E-state index contributed by atoms with van der Waals surface area (Å²) < 4.78 is 0. The molecule has 82 valence electrons. The maximum Gasteiger partial charge on any atom is 0.0390 e. The molecule has 4 heteroatoms. The molecule has 0 fully saturated rings. The fourth-order valence-electron chi connectivity index (χ4n) is 1.26. The van der Waals surface area contributed by atoms with Gasteiger partial charge in [0.05, 0.1) is 0 Å². The molecule has 0 saturated heterocycles. The van der Waals surface area contributed by atoms with E-state index in [1.807, 2.05) is 11.3 Å². The zero-order valence-electron chi connectivity index (χ0n) is 8.53. The van der Waals surface area contributed by atoms with Gasteiger partial charge in [0, 0.05) is 15.8 Å². The molecule has 4 N–H and O–H groups in total. The second-order valence-corrected chi connectivity index (χ2v) is 4.39. The SMILES string of the molecule is CCc1ccc([C@@H](N)CCCN)s1.Cl. The van der Waals surface area contributed by atoms with Crippen molar-refractivity contribution in [3.05, 3.63) is 21.9 Å². The lowest BCUT2D eigenvalue weighted by atomic mass is 10.1. The lowest BCUT2D eigenvalue weighted by Crippen LogP contribution is -2.10. The average molecular weight is 235 g/mol. The lowest BCUT2D eigenvalue weighted by molar-refractivity contribution is 0.626. The summed E-state index contributed by atoms with van der Waals surface area (Å²) in [7, 11) is 0. The normalized spacial score (nSPS) is 12.2. The summed E-state index contributed by atoms with van der Waals surface area (Å²) in [6.45, 7) is 2.90. The van der Waals surface area contributed by atoms with Gasteiger partial charge in [-0.05, 0) is 37.9 Å². The van der Waals surface area contributed by atoms with Crippen molar-refractivity contribution in [2.24, 2.45) is 11.5 Å². The van der Waals surface area contributed by atoms with E-state index in [1.54, 1.807) is 0 Å². The fourth-order valence-corrected chi connectivity index (χ4v) is 2.25. The highest BCUT2D eigenvalue weighted by Gasteiger charge is 2.07. The monoisotopic (exact) mass is 234 g/mol. The van der Waals surface area contributed by atoms with Crippen molar-refractivity contribution >= 4 is 23.7 Å². The van der Waals surface area contributed by atoms with E-state index in [0.29, 0.717) is 0 Å². The van der Waals surface area contributed by atoms with Gasteiger partial charge in [-0.25, -0.2) is 0 Å². The molecule has 0 saturated carbocycles. The summed E-state index contributed by atoms with van der Waals surface area (Å²) in [4.78, 5) is 2.71. The first-order valence-corrected chi connectivity index (χ1v) is 5.63. The first-order valence-electron chi connectivity index (χ1n) is 4.82. The second-order valence-electron chi connectivity index (χ2n) is 3.20. The van der Waals surface area contributed by atoms with Gasteiger partial charge in [-0.1, -0.05) is 6.92 Å². The molecule has 2 nitrogen and oxygen atoms in total. The van der Waals surface area contributed by atoms with E-state index in [0.717, 1.165) is 25.8 Å². The molecule has 0 spiro atoms. The Morgan fingerprint density at radius 2 is 2.14 bits per heavy atom. The number of thiophene rings is 1. The van der Waals surface area contributed by atoms with Crippen LogP contribution in [0.25, 0.3) is 0 Å². The summed E-state index contributed by atoms with van der Waals surface area (Å²) in [5, 5.41) is 0. The van der Waals surface area contributed by atoms with Gasteiger partial charge in [-0.15, -0.1) is 23.7 Å². The Morgan fingerprint density at radius 1 is 1.43 bits per heavy atom. The van der Waals surface area contributed by atoms with Gasteiger partial charge in [0.2, 0.25) is 0 Å². The summed E-state index contributed by atoms with van der Waals surface area (Å²) in [5.74, 6) is 0. The molecule has 1 aromatic heterocycles. The zero-order chi connectivity index (χ0) is 9.68. The number of rotatable bonds is 5. The smallest absolute Gasteiger partial charge is 0.0390 e. The third-order valence-corrected chi connectivity index (χ3v) is 3.48. The van der Waals surface area contributed by atoms with E-state index in [2.05, 4.69) is 19.1 Å². The number of halogens is 1. The van der Waals surface area contributed by atoms with E-state index in [4.69, 9.17) is 11.5 Å². The maximum absolute atomic E-state index is 6.00. The average Bonchev–Trinajstić information content (AvgIpc) is 2.62. The first-order chi connectivity index (χ1) is 6.27. The first kappa shape index (κ1) is 13.9. The minimum atomic E-state index is 0. The minimum absolute atomic E-state index is 0. The topological polar surface area (TPSA) is 52.0 Å². The molecular formula is C10H19ClN2S. The quantitative estimate of drug-likeness (QED) is 0.823. The molecule has 0 aromatic carbocycles. The van der Waals surface area contributed by atoms with E-state index >= 15 is 0 Å². The summed E-state index contributed by atoms with van der Waals surface area (Å²) in [5.41, 5.74) is 11.4. The van der Waals surface area contributed by atoms with E-state index in [1.165, 1.54) is 9.75 Å². The lowest BCUT2D eigenvalue weighted by Gasteiger charge is -2.07. The Hall–Kier alpha value is -0.0900. The Bertz CT molecular complexity index is 250. The predicted molar refractivity (Wildman–Crippen MR) is 66.2 cm³/mol. The van der Waals surface area contributed by atoms with Gasteiger partial charge in [0.25, 0.3) is 0 Å². The van der Waals surface area contributed by atoms with Crippen LogP contribution in [0.5, 0.6) is 0 Å². The third-order valence-electron chi connectivity index (χ3n) is 2.12. The molecule has 0 aliphatic heterocycles. The molecule has 1 rings (SSSR count). The number of hydrogen-bond acceptors (Lipinski definition) is 3. The van der Waals surface area contributed by atoms with Crippen molar-refractivity contribution in [1.29, 1.82) is 0 Å². The van der Waals surface area contributed by atoms with Crippen molar-refractivity contribution in [3.63, 3.8) is 0 Å². The summed E-state index contributed by atoms with van der Waals surface area (Å²) in [6.07, 6.45) is 3.12. The van der Waals surface area contributed by atoms with Crippen LogP contribution in [0.4, 0.5) is 0 Å². The van der Waals surface area contributed by atoms with Crippen molar-refractivity contribution in [2.45, 2.75) is 32.2 Å². The van der Waals surface area contributed by atoms with E-state index in [-0.39, 0.29) is 18.4 Å². The second kappa shape index (κ2) is 7.23. The Balaban J connectivity index is 0.00000169. The van der Waals surface area contributed by atoms with E-state index < -0.39 is 0 Å². The van der Waals surface area contributed by atoms with Gasteiger partial charge in [0.1, 0.15) is 0 Å². The zero-order valence-corrected chi connectivity index (χ0v) is 10.2. The molecule has 1 aromatic rings. The Labute approximate surface area is 96.1 Å². The van der Waals surface area contributed by atoms with Crippen LogP contribution in [0.1, 0.15) is 35.6 Å². The van der Waals surface area contributed by atoms with Gasteiger partial charge < -0.3 is 11.5 Å². The van der Waals surface area contributed by atoms with Gasteiger partial charge in [0.15, 0.2) is 0 Å². The molecular weight excluding hydrogens is 216 g/mol. The molecule has 1 atom stereocenters. The third kappa shape index (κ3) is 3.96. The van der Waals surface area contributed by atoms with Crippen LogP contribution >= 0.6 is 23.7 Å². The largest absolute Gasteiger partial charge is 0.330 e. The van der Waals surface area contributed by atoms with Gasteiger partial charge in [-0.3, -0.25) is 0 Å². The molecule has 14 heavy (non-hydrogen) atoms. The molecule has 0 aliphatic rings. The predicted octanol–water partition coefficient (Wildman–Crippen LogP) is 2.47. The molecule has 0 unspecified atom stereocenters.